The number of unbranched alkanes of at least 4 members (excludes halogenated alkanes) is 2. The van der Waals surface area contributed by atoms with E-state index >= 15 is 0 Å². The third-order valence-corrected chi connectivity index (χ3v) is 3.14. The fourth-order valence-corrected chi connectivity index (χ4v) is 1.94. The van der Waals surface area contributed by atoms with Gasteiger partial charge in [0.15, 0.2) is 0 Å². The molecule has 0 saturated carbocycles. The van der Waals surface area contributed by atoms with Crippen molar-refractivity contribution in [1.82, 2.24) is 5.32 Å². The van der Waals surface area contributed by atoms with Crippen LogP contribution in [0.5, 0.6) is 0 Å². The van der Waals surface area contributed by atoms with Gasteiger partial charge in [-0.2, -0.15) is 0 Å². The number of primary amides is 1. The second kappa shape index (κ2) is 8.67. The zero-order valence-corrected chi connectivity index (χ0v) is 11.9. The molecule has 4 heteroatoms. The van der Waals surface area contributed by atoms with Gasteiger partial charge in [0.2, 0.25) is 5.91 Å². The summed E-state index contributed by atoms with van der Waals surface area (Å²) in [6.45, 7) is 4.67. The topological polar surface area (TPSA) is 64.3 Å². The second-order valence-electron chi connectivity index (χ2n) is 4.74. The van der Waals surface area contributed by atoms with E-state index < -0.39 is 0 Å². The maximum Gasteiger partial charge on any atom is 0.248 e. The fraction of sp³-hybridized carbons (Fsp3) is 0.533. The van der Waals surface area contributed by atoms with Gasteiger partial charge in [0.1, 0.15) is 0 Å². The first-order valence-corrected chi connectivity index (χ1v) is 6.74. The van der Waals surface area contributed by atoms with Crippen molar-refractivity contribution in [2.24, 2.45) is 5.73 Å². The summed E-state index contributed by atoms with van der Waals surface area (Å²) >= 11 is 0. The average Bonchev–Trinajstić information content (AvgIpc) is 2.39. The molecule has 0 fully saturated rings. The Morgan fingerprint density at radius 3 is 2.74 bits per heavy atom. The first-order chi connectivity index (χ1) is 9.15. The lowest BCUT2D eigenvalue weighted by Crippen LogP contribution is -2.16. The minimum atomic E-state index is -0.374. The van der Waals surface area contributed by atoms with E-state index in [9.17, 15) is 4.79 Å². The van der Waals surface area contributed by atoms with Crippen molar-refractivity contribution in [3.05, 3.63) is 34.9 Å². The number of nitrogens with one attached hydrogen (secondary N) is 1. The van der Waals surface area contributed by atoms with Crippen LogP contribution in [0.25, 0.3) is 0 Å². The number of hydrogen-bond acceptors (Lipinski definition) is 3. The van der Waals surface area contributed by atoms with Gasteiger partial charge < -0.3 is 15.8 Å². The van der Waals surface area contributed by atoms with Gasteiger partial charge in [-0.1, -0.05) is 6.07 Å². The number of hydrogen-bond donors (Lipinski definition) is 2. The van der Waals surface area contributed by atoms with Crippen LogP contribution < -0.4 is 11.1 Å². The molecule has 0 unspecified atom stereocenters. The standard InChI is InChI=1S/C15H24N2O2/c1-12-10-13(15(16)18)6-7-14(12)11-17-8-4-3-5-9-19-2/h6-7,10,17H,3-5,8-9,11H2,1-2H3,(H2,16,18). The lowest BCUT2D eigenvalue weighted by atomic mass is 10.0. The summed E-state index contributed by atoms with van der Waals surface area (Å²) in [5, 5.41) is 3.41. The molecule has 1 aromatic rings. The second-order valence-corrected chi connectivity index (χ2v) is 4.74. The molecule has 3 N–H and O–H groups in total. The number of rotatable bonds is 9. The predicted molar refractivity (Wildman–Crippen MR) is 77.1 cm³/mol. The van der Waals surface area contributed by atoms with Crippen LogP contribution in [0.15, 0.2) is 18.2 Å². The Bertz CT molecular complexity index is 405. The van der Waals surface area contributed by atoms with E-state index in [4.69, 9.17) is 10.5 Å². The molecule has 4 nitrogen and oxygen atoms in total. The average molecular weight is 264 g/mol. The molecule has 1 amide bonds. The summed E-state index contributed by atoms with van der Waals surface area (Å²) in [5.41, 5.74) is 8.13. The third-order valence-electron chi connectivity index (χ3n) is 3.14. The molecular weight excluding hydrogens is 240 g/mol. The zero-order chi connectivity index (χ0) is 14.1. The maximum atomic E-state index is 11.0. The van der Waals surface area contributed by atoms with E-state index in [1.54, 1.807) is 13.2 Å². The van der Waals surface area contributed by atoms with Crippen molar-refractivity contribution >= 4 is 5.91 Å². The summed E-state index contributed by atoms with van der Waals surface area (Å²) < 4.78 is 5.01. The number of methoxy groups -OCH3 is 1. The Labute approximate surface area is 115 Å². The molecule has 0 aliphatic heterocycles. The van der Waals surface area contributed by atoms with Gasteiger partial charge in [-0.25, -0.2) is 0 Å². The summed E-state index contributed by atoms with van der Waals surface area (Å²) in [6.07, 6.45) is 3.45. The Morgan fingerprint density at radius 2 is 2.11 bits per heavy atom. The van der Waals surface area contributed by atoms with Gasteiger partial charge in [0.05, 0.1) is 0 Å². The van der Waals surface area contributed by atoms with Gasteiger partial charge in [0, 0.05) is 25.8 Å². The van der Waals surface area contributed by atoms with Gasteiger partial charge in [0.25, 0.3) is 0 Å². The van der Waals surface area contributed by atoms with Crippen molar-refractivity contribution in [3.8, 4) is 0 Å². The molecule has 0 aliphatic rings. The molecule has 1 rings (SSSR count). The SMILES string of the molecule is COCCCCCNCc1ccc(C(N)=O)cc1C. The first kappa shape index (κ1) is 15.7. The summed E-state index contributed by atoms with van der Waals surface area (Å²) in [5.74, 6) is -0.374. The van der Waals surface area contributed by atoms with Crippen molar-refractivity contribution in [2.75, 3.05) is 20.3 Å². The molecule has 0 radical (unpaired) electrons. The largest absolute Gasteiger partial charge is 0.385 e. The highest BCUT2D eigenvalue weighted by Gasteiger charge is 2.03. The molecule has 0 aromatic heterocycles. The number of amides is 1. The molecule has 0 atom stereocenters. The number of ether oxygens (including phenoxy) is 1. The highest BCUT2D eigenvalue weighted by Crippen LogP contribution is 2.10. The van der Waals surface area contributed by atoms with Crippen LogP contribution >= 0.6 is 0 Å². The fourth-order valence-electron chi connectivity index (χ4n) is 1.94. The first-order valence-electron chi connectivity index (χ1n) is 6.74. The molecule has 0 bridgehead atoms. The van der Waals surface area contributed by atoms with Crippen molar-refractivity contribution in [3.63, 3.8) is 0 Å². The highest BCUT2D eigenvalue weighted by atomic mass is 16.5. The van der Waals surface area contributed by atoms with Crippen molar-refractivity contribution < 1.29 is 9.53 Å². The van der Waals surface area contributed by atoms with E-state index in [-0.39, 0.29) is 5.91 Å². The third kappa shape index (κ3) is 5.85. The molecule has 106 valence electrons. The number of carbonyl (C=O) groups excluding carboxylic acids is 1. The van der Waals surface area contributed by atoms with E-state index in [1.165, 1.54) is 12.0 Å². The van der Waals surface area contributed by atoms with Gasteiger partial charge in [-0.15, -0.1) is 0 Å². The molecule has 0 saturated heterocycles. The Kier molecular flexibility index (Phi) is 7.15. The maximum absolute atomic E-state index is 11.0. The Morgan fingerprint density at radius 1 is 1.32 bits per heavy atom. The molecule has 19 heavy (non-hydrogen) atoms. The quantitative estimate of drug-likeness (QED) is 0.670. The van der Waals surface area contributed by atoms with E-state index in [0.717, 1.165) is 38.1 Å². The van der Waals surface area contributed by atoms with Gasteiger partial charge in [-0.3, -0.25) is 4.79 Å². The molecule has 0 spiro atoms. The van der Waals surface area contributed by atoms with E-state index in [0.29, 0.717) is 5.56 Å². The van der Waals surface area contributed by atoms with Crippen LogP contribution in [0.2, 0.25) is 0 Å². The van der Waals surface area contributed by atoms with Crippen LogP contribution in [0.3, 0.4) is 0 Å². The molecule has 1 aromatic carbocycles. The van der Waals surface area contributed by atoms with Crippen LogP contribution in [0.1, 0.15) is 40.7 Å². The normalized spacial score (nSPS) is 10.6. The van der Waals surface area contributed by atoms with Gasteiger partial charge in [-0.05, 0) is 56.0 Å². The monoisotopic (exact) mass is 264 g/mol. The van der Waals surface area contributed by atoms with Crippen molar-refractivity contribution in [2.45, 2.75) is 32.7 Å². The smallest absolute Gasteiger partial charge is 0.248 e. The van der Waals surface area contributed by atoms with Crippen LogP contribution in [0.4, 0.5) is 0 Å². The van der Waals surface area contributed by atoms with Gasteiger partial charge >= 0.3 is 0 Å². The number of nitrogens with two attached hydrogens (primary N) is 1. The number of aryl methyl sites for hydroxylation is 1. The van der Waals surface area contributed by atoms with Crippen LogP contribution in [0, 0.1) is 6.92 Å². The van der Waals surface area contributed by atoms with E-state index in [2.05, 4.69) is 5.32 Å². The summed E-state index contributed by atoms with van der Waals surface area (Å²) in [4.78, 5) is 11.0. The van der Waals surface area contributed by atoms with E-state index in [1.807, 2.05) is 19.1 Å². The molecule has 0 aliphatic carbocycles. The van der Waals surface area contributed by atoms with Crippen molar-refractivity contribution in [1.29, 1.82) is 0 Å². The predicted octanol–water partition coefficient (Wildman–Crippen LogP) is 2.00. The minimum Gasteiger partial charge on any atom is -0.385 e. The number of carbonyl (C=O) groups is 1. The Hall–Kier alpha value is -1.39. The zero-order valence-electron chi connectivity index (χ0n) is 11.9. The minimum absolute atomic E-state index is 0.374. The lowest BCUT2D eigenvalue weighted by molar-refractivity contribution is 0.1000. The lowest BCUT2D eigenvalue weighted by Gasteiger charge is -2.09. The van der Waals surface area contributed by atoms with Crippen LogP contribution in [-0.2, 0) is 11.3 Å². The molecular formula is C15H24N2O2. The summed E-state index contributed by atoms with van der Waals surface area (Å²) in [7, 11) is 1.73. The van der Waals surface area contributed by atoms with Crippen LogP contribution in [-0.4, -0.2) is 26.2 Å². The highest BCUT2D eigenvalue weighted by molar-refractivity contribution is 5.93. The molecule has 0 heterocycles. The number of benzene rings is 1. The Balaban J connectivity index is 2.28. The summed E-state index contributed by atoms with van der Waals surface area (Å²) in [6, 6.07) is 5.59.